The van der Waals surface area contributed by atoms with E-state index in [-0.39, 0.29) is 6.10 Å². The van der Waals surface area contributed by atoms with Crippen LogP contribution in [0.5, 0.6) is 0 Å². The molecular formula is C13H12OS. The second-order valence-electron chi connectivity index (χ2n) is 3.85. The molecule has 1 atom stereocenters. The molecule has 15 heavy (non-hydrogen) atoms. The van der Waals surface area contributed by atoms with Crippen LogP contribution >= 0.6 is 11.8 Å². The van der Waals surface area contributed by atoms with Crippen LogP contribution in [0.1, 0.15) is 18.1 Å². The van der Waals surface area contributed by atoms with Crippen molar-refractivity contribution in [1.29, 1.82) is 0 Å². The highest BCUT2D eigenvalue weighted by Crippen LogP contribution is 2.40. The van der Waals surface area contributed by atoms with E-state index in [0.29, 0.717) is 0 Å². The lowest BCUT2D eigenvalue weighted by atomic mass is 9.98. The van der Waals surface area contributed by atoms with Gasteiger partial charge in [0.15, 0.2) is 0 Å². The Hall–Kier alpha value is -0.990. The van der Waals surface area contributed by atoms with E-state index in [1.54, 1.807) is 0 Å². The molecular weight excluding hydrogens is 204 g/mol. The van der Waals surface area contributed by atoms with Crippen molar-refractivity contribution in [2.24, 2.45) is 0 Å². The first-order chi connectivity index (χ1) is 7.36. The molecule has 0 saturated carbocycles. The van der Waals surface area contributed by atoms with E-state index < -0.39 is 0 Å². The summed E-state index contributed by atoms with van der Waals surface area (Å²) >= 11 is 1.85. The fourth-order valence-electron chi connectivity index (χ4n) is 2.17. The molecule has 0 unspecified atom stereocenters. The molecule has 0 fully saturated rings. The van der Waals surface area contributed by atoms with Gasteiger partial charge in [-0.15, -0.1) is 11.8 Å². The molecule has 1 aliphatic heterocycles. The minimum atomic E-state index is -0.285. The van der Waals surface area contributed by atoms with Crippen molar-refractivity contribution in [3.05, 3.63) is 42.0 Å². The lowest BCUT2D eigenvalue weighted by Crippen LogP contribution is -2.06. The Labute approximate surface area is 93.1 Å². The Bertz CT molecular complexity index is 507. The van der Waals surface area contributed by atoms with E-state index in [1.165, 1.54) is 15.7 Å². The van der Waals surface area contributed by atoms with Gasteiger partial charge in [0.2, 0.25) is 0 Å². The molecule has 0 aromatic heterocycles. The molecule has 0 amide bonds. The molecule has 1 nitrogen and oxygen atoms in total. The van der Waals surface area contributed by atoms with Crippen LogP contribution in [0.4, 0.5) is 0 Å². The van der Waals surface area contributed by atoms with Crippen molar-refractivity contribution >= 4 is 22.5 Å². The number of hydrogen-bond donors (Lipinski definition) is 1. The van der Waals surface area contributed by atoms with Crippen molar-refractivity contribution in [3.63, 3.8) is 0 Å². The van der Waals surface area contributed by atoms with Crippen LogP contribution < -0.4 is 0 Å². The van der Waals surface area contributed by atoms with Crippen LogP contribution in [0.15, 0.2) is 41.3 Å². The Morgan fingerprint density at radius 2 is 2.00 bits per heavy atom. The zero-order valence-corrected chi connectivity index (χ0v) is 9.13. The van der Waals surface area contributed by atoms with Crippen LogP contribution in [0, 0.1) is 0 Å². The number of thioether (sulfide) groups is 1. The lowest BCUT2D eigenvalue weighted by molar-refractivity contribution is 0.172. The third kappa shape index (κ3) is 1.45. The summed E-state index contributed by atoms with van der Waals surface area (Å²) in [6, 6.07) is 12.5. The predicted octanol–water partition coefficient (Wildman–Crippen LogP) is 3.37. The second kappa shape index (κ2) is 3.54. The SMILES string of the molecule is O[C@H]1CCSc2ccc3ccccc3c21. The van der Waals surface area contributed by atoms with Crippen molar-refractivity contribution in [3.8, 4) is 0 Å². The van der Waals surface area contributed by atoms with Gasteiger partial charge in [-0.1, -0.05) is 30.3 Å². The van der Waals surface area contributed by atoms with Gasteiger partial charge in [-0.2, -0.15) is 0 Å². The number of aliphatic hydroxyl groups is 1. The molecule has 0 aliphatic carbocycles. The van der Waals surface area contributed by atoms with E-state index in [1.807, 2.05) is 23.9 Å². The zero-order chi connectivity index (χ0) is 10.3. The van der Waals surface area contributed by atoms with Crippen molar-refractivity contribution in [1.82, 2.24) is 0 Å². The number of aliphatic hydroxyl groups excluding tert-OH is 1. The summed E-state index contributed by atoms with van der Waals surface area (Å²) in [5.41, 5.74) is 1.13. The third-order valence-electron chi connectivity index (χ3n) is 2.91. The quantitative estimate of drug-likeness (QED) is 0.728. The Morgan fingerprint density at radius 3 is 2.93 bits per heavy atom. The monoisotopic (exact) mass is 216 g/mol. The second-order valence-corrected chi connectivity index (χ2v) is 4.99. The Kier molecular flexibility index (Phi) is 2.19. The molecule has 0 spiro atoms. The van der Waals surface area contributed by atoms with E-state index >= 15 is 0 Å². The maximum absolute atomic E-state index is 10.0. The first kappa shape index (κ1) is 9.25. The molecule has 2 heteroatoms. The normalized spacial score (nSPS) is 20.2. The standard InChI is InChI=1S/C13H12OS/c14-11-7-8-15-12-6-5-9-3-1-2-4-10(9)13(11)12/h1-6,11,14H,7-8H2/t11-/m0/s1. The molecule has 76 valence electrons. The molecule has 1 N–H and O–H groups in total. The van der Waals surface area contributed by atoms with E-state index in [0.717, 1.165) is 17.7 Å². The maximum atomic E-state index is 10.0. The summed E-state index contributed by atoms with van der Waals surface area (Å²) in [5.74, 6) is 1.02. The maximum Gasteiger partial charge on any atom is 0.0814 e. The largest absolute Gasteiger partial charge is 0.388 e. The first-order valence-electron chi connectivity index (χ1n) is 5.19. The number of fused-ring (bicyclic) bond motifs is 3. The minimum absolute atomic E-state index is 0.285. The van der Waals surface area contributed by atoms with Gasteiger partial charge in [-0.25, -0.2) is 0 Å². The number of rotatable bonds is 0. The van der Waals surface area contributed by atoms with E-state index in [9.17, 15) is 5.11 Å². The van der Waals surface area contributed by atoms with Crippen LogP contribution in [0.3, 0.4) is 0 Å². The number of hydrogen-bond acceptors (Lipinski definition) is 2. The van der Waals surface area contributed by atoms with E-state index in [2.05, 4.69) is 24.3 Å². The van der Waals surface area contributed by atoms with E-state index in [4.69, 9.17) is 0 Å². The molecule has 1 heterocycles. The van der Waals surface area contributed by atoms with Crippen LogP contribution in [-0.2, 0) is 0 Å². The molecule has 3 rings (SSSR count). The number of benzene rings is 2. The van der Waals surface area contributed by atoms with Gasteiger partial charge < -0.3 is 5.11 Å². The minimum Gasteiger partial charge on any atom is -0.388 e. The van der Waals surface area contributed by atoms with Gasteiger partial charge in [-0.05, 0) is 23.3 Å². The summed E-state index contributed by atoms with van der Waals surface area (Å²) in [6.07, 6.45) is 0.582. The van der Waals surface area contributed by atoms with Gasteiger partial charge in [0.05, 0.1) is 6.10 Å². The average molecular weight is 216 g/mol. The summed E-state index contributed by atoms with van der Waals surface area (Å²) in [7, 11) is 0. The van der Waals surface area contributed by atoms with Crippen LogP contribution in [0.25, 0.3) is 10.8 Å². The molecule has 0 bridgehead atoms. The Balaban J connectivity index is 2.35. The van der Waals surface area contributed by atoms with Crippen molar-refractivity contribution < 1.29 is 5.11 Å². The highest BCUT2D eigenvalue weighted by atomic mass is 32.2. The first-order valence-corrected chi connectivity index (χ1v) is 6.17. The molecule has 1 aliphatic rings. The average Bonchev–Trinajstić information content (AvgIpc) is 2.29. The highest BCUT2D eigenvalue weighted by Gasteiger charge is 2.20. The fourth-order valence-corrected chi connectivity index (χ4v) is 3.30. The smallest absolute Gasteiger partial charge is 0.0814 e. The predicted molar refractivity (Wildman–Crippen MR) is 64.2 cm³/mol. The molecule has 2 aromatic rings. The van der Waals surface area contributed by atoms with Gasteiger partial charge in [-0.3, -0.25) is 0 Å². The fraction of sp³-hybridized carbons (Fsp3) is 0.231. The summed E-state index contributed by atoms with van der Waals surface area (Å²) in [6.45, 7) is 0. The lowest BCUT2D eigenvalue weighted by Gasteiger charge is -2.22. The van der Waals surface area contributed by atoms with Gasteiger partial charge in [0.1, 0.15) is 0 Å². The summed E-state index contributed by atoms with van der Waals surface area (Å²) in [5, 5.41) is 12.5. The molecule has 0 radical (unpaired) electrons. The summed E-state index contributed by atoms with van der Waals surface area (Å²) in [4.78, 5) is 1.24. The van der Waals surface area contributed by atoms with Crippen LogP contribution in [-0.4, -0.2) is 10.9 Å². The Morgan fingerprint density at radius 1 is 1.13 bits per heavy atom. The van der Waals surface area contributed by atoms with Crippen LogP contribution in [0.2, 0.25) is 0 Å². The van der Waals surface area contributed by atoms with Crippen molar-refractivity contribution in [2.75, 3.05) is 5.75 Å². The van der Waals surface area contributed by atoms with Gasteiger partial charge in [0, 0.05) is 16.2 Å². The van der Waals surface area contributed by atoms with Gasteiger partial charge in [0.25, 0.3) is 0 Å². The molecule has 2 aromatic carbocycles. The summed E-state index contributed by atoms with van der Waals surface area (Å²) < 4.78 is 0. The highest BCUT2D eigenvalue weighted by molar-refractivity contribution is 7.99. The topological polar surface area (TPSA) is 20.2 Å². The van der Waals surface area contributed by atoms with Crippen molar-refractivity contribution in [2.45, 2.75) is 17.4 Å². The molecule has 0 saturated heterocycles. The van der Waals surface area contributed by atoms with Gasteiger partial charge >= 0.3 is 0 Å². The third-order valence-corrected chi connectivity index (χ3v) is 4.02. The zero-order valence-electron chi connectivity index (χ0n) is 8.31.